The van der Waals surface area contributed by atoms with Gasteiger partial charge in [0.1, 0.15) is 11.5 Å². The van der Waals surface area contributed by atoms with E-state index >= 15 is 0 Å². The van der Waals surface area contributed by atoms with E-state index in [4.69, 9.17) is 9.47 Å². The fourth-order valence-electron chi connectivity index (χ4n) is 3.57. The molecule has 0 saturated heterocycles. The summed E-state index contributed by atoms with van der Waals surface area (Å²) in [6.07, 6.45) is 0.566. The van der Waals surface area contributed by atoms with Crippen molar-refractivity contribution >= 4 is 27.3 Å². The summed E-state index contributed by atoms with van der Waals surface area (Å²) in [6, 6.07) is 18.4. The Morgan fingerprint density at radius 1 is 0.903 bits per heavy atom. The Hall–Kier alpha value is -3.52. The topological polar surface area (TPSA) is 84.9 Å². The second kappa shape index (κ2) is 8.31. The number of rotatable bonds is 6. The minimum atomic E-state index is -3.80. The van der Waals surface area contributed by atoms with Crippen LogP contribution in [0.4, 0.5) is 11.4 Å². The van der Waals surface area contributed by atoms with Crippen LogP contribution in [-0.4, -0.2) is 35.1 Å². The smallest absolute Gasteiger partial charge is 0.264 e. The van der Waals surface area contributed by atoms with Gasteiger partial charge in [-0.25, -0.2) is 8.42 Å². The number of hydrogen-bond donors (Lipinski definition) is 1. The highest BCUT2D eigenvalue weighted by Crippen LogP contribution is 2.39. The second-order valence-electron chi connectivity index (χ2n) is 7.00. The number of benzene rings is 3. The van der Waals surface area contributed by atoms with Crippen LogP contribution in [0.3, 0.4) is 0 Å². The second-order valence-corrected chi connectivity index (χ2v) is 8.86. The van der Waals surface area contributed by atoms with Crippen molar-refractivity contribution in [1.82, 2.24) is 0 Å². The van der Waals surface area contributed by atoms with E-state index in [0.29, 0.717) is 41.4 Å². The number of sulfonamides is 1. The lowest BCUT2D eigenvalue weighted by molar-refractivity contribution is 0.102. The first kappa shape index (κ1) is 20.7. The van der Waals surface area contributed by atoms with E-state index in [1.807, 2.05) is 12.1 Å². The van der Waals surface area contributed by atoms with Crippen LogP contribution in [0.5, 0.6) is 11.5 Å². The number of nitrogens with one attached hydrogen (secondary N) is 1. The van der Waals surface area contributed by atoms with E-state index < -0.39 is 10.0 Å². The molecule has 3 aromatic carbocycles. The summed E-state index contributed by atoms with van der Waals surface area (Å²) in [6.45, 7) is 0.305. The first-order valence-corrected chi connectivity index (χ1v) is 11.1. The molecule has 0 radical (unpaired) electrons. The van der Waals surface area contributed by atoms with Gasteiger partial charge >= 0.3 is 0 Å². The van der Waals surface area contributed by atoms with Crippen LogP contribution in [0, 0.1) is 0 Å². The maximum Gasteiger partial charge on any atom is 0.264 e. The summed E-state index contributed by atoms with van der Waals surface area (Å²) in [5.74, 6) is 0.895. The van der Waals surface area contributed by atoms with Gasteiger partial charge in [0.2, 0.25) is 0 Å². The fourth-order valence-corrected chi connectivity index (χ4v) is 5.10. The van der Waals surface area contributed by atoms with Gasteiger partial charge in [-0.3, -0.25) is 9.10 Å². The third-order valence-corrected chi connectivity index (χ3v) is 7.01. The van der Waals surface area contributed by atoms with Gasteiger partial charge in [-0.2, -0.15) is 0 Å². The summed E-state index contributed by atoms with van der Waals surface area (Å²) in [5, 5.41) is 2.86. The average Bonchev–Trinajstić information content (AvgIpc) is 3.25. The summed E-state index contributed by atoms with van der Waals surface area (Å²) < 4.78 is 38.3. The van der Waals surface area contributed by atoms with E-state index in [9.17, 15) is 13.2 Å². The predicted octanol–water partition coefficient (Wildman–Crippen LogP) is 3.71. The Kier molecular flexibility index (Phi) is 5.56. The highest BCUT2D eigenvalue weighted by atomic mass is 32.2. The summed E-state index contributed by atoms with van der Waals surface area (Å²) in [4.78, 5) is 12.9. The van der Waals surface area contributed by atoms with Crippen LogP contribution < -0.4 is 19.1 Å². The molecular formula is C23H22N2O5S. The first-order chi connectivity index (χ1) is 14.9. The lowest BCUT2D eigenvalue weighted by Crippen LogP contribution is -2.30. The molecule has 0 unspecified atom stereocenters. The zero-order valence-electron chi connectivity index (χ0n) is 17.2. The van der Waals surface area contributed by atoms with Crippen LogP contribution in [0.25, 0.3) is 0 Å². The quantitative estimate of drug-likeness (QED) is 0.634. The normalized spacial score (nSPS) is 12.9. The maximum atomic E-state index is 13.3. The van der Waals surface area contributed by atoms with Gasteiger partial charge in [0.05, 0.1) is 30.5 Å². The SMILES string of the molecule is COc1ccc(C(=O)Nc2cccc3c2N(S(=O)(=O)c2ccc(OC)cc2)CC3)cc1. The van der Waals surface area contributed by atoms with Crippen LogP contribution in [0.1, 0.15) is 15.9 Å². The third kappa shape index (κ3) is 3.94. The van der Waals surface area contributed by atoms with Gasteiger partial charge in [-0.15, -0.1) is 0 Å². The Bertz CT molecular complexity index is 1210. The van der Waals surface area contributed by atoms with Gasteiger partial charge in [0, 0.05) is 12.1 Å². The van der Waals surface area contributed by atoms with Crippen molar-refractivity contribution in [2.24, 2.45) is 0 Å². The highest BCUT2D eigenvalue weighted by molar-refractivity contribution is 7.92. The number of carbonyl (C=O) groups excluding carboxylic acids is 1. The molecule has 0 spiro atoms. The van der Waals surface area contributed by atoms with E-state index in [1.54, 1.807) is 49.6 Å². The Morgan fingerprint density at radius 3 is 2.13 bits per heavy atom. The standard InChI is InChI=1S/C23H22N2O5S/c1-29-18-8-6-17(7-9-18)23(26)24-21-5-3-4-16-14-15-25(22(16)21)31(27,28)20-12-10-19(30-2)11-13-20/h3-13H,14-15H2,1-2H3,(H,24,26). The highest BCUT2D eigenvalue weighted by Gasteiger charge is 2.33. The molecule has 8 heteroatoms. The van der Waals surface area contributed by atoms with Crippen molar-refractivity contribution in [1.29, 1.82) is 0 Å². The predicted molar refractivity (Wildman–Crippen MR) is 119 cm³/mol. The number of para-hydroxylation sites is 1. The number of anilines is 2. The van der Waals surface area contributed by atoms with Crippen molar-refractivity contribution in [2.45, 2.75) is 11.3 Å². The minimum absolute atomic E-state index is 0.164. The van der Waals surface area contributed by atoms with E-state index in [-0.39, 0.29) is 10.8 Å². The largest absolute Gasteiger partial charge is 0.497 e. The molecule has 1 N–H and O–H groups in total. The molecule has 0 saturated carbocycles. The Morgan fingerprint density at radius 2 is 1.52 bits per heavy atom. The molecular weight excluding hydrogens is 416 g/mol. The lowest BCUT2D eigenvalue weighted by Gasteiger charge is -2.22. The first-order valence-electron chi connectivity index (χ1n) is 9.68. The number of hydrogen-bond acceptors (Lipinski definition) is 5. The molecule has 1 heterocycles. The summed E-state index contributed by atoms with van der Waals surface area (Å²) in [5.41, 5.74) is 2.26. The van der Waals surface area contributed by atoms with E-state index in [2.05, 4.69) is 5.32 Å². The molecule has 0 aliphatic carbocycles. The number of fused-ring (bicyclic) bond motifs is 1. The number of amides is 1. The molecule has 1 amide bonds. The average molecular weight is 439 g/mol. The molecule has 0 atom stereocenters. The van der Waals surface area contributed by atoms with Gasteiger partial charge in [0.25, 0.3) is 15.9 Å². The molecule has 3 aromatic rings. The number of carbonyl (C=O) groups is 1. The van der Waals surface area contributed by atoms with Crippen molar-refractivity contribution in [3.8, 4) is 11.5 Å². The molecule has 7 nitrogen and oxygen atoms in total. The maximum absolute atomic E-state index is 13.3. The van der Waals surface area contributed by atoms with Crippen molar-refractivity contribution in [3.63, 3.8) is 0 Å². The van der Waals surface area contributed by atoms with Crippen molar-refractivity contribution < 1.29 is 22.7 Å². The molecule has 0 aromatic heterocycles. The third-order valence-electron chi connectivity index (χ3n) is 5.20. The summed E-state index contributed by atoms with van der Waals surface area (Å²) >= 11 is 0. The molecule has 0 fully saturated rings. The number of ether oxygens (including phenoxy) is 2. The molecule has 1 aliphatic rings. The van der Waals surface area contributed by atoms with Gasteiger partial charge in [0.15, 0.2) is 0 Å². The fraction of sp³-hybridized carbons (Fsp3) is 0.174. The molecule has 31 heavy (non-hydrogen) atoms. The van der Waals surface area contributed by atoms with Crippen molar-refractivity contribution in [2.75, 3.05) is 30.4 Å². The Labute approximate surface area is 181 Å². The lowest BCUT2D eigenvalue weighted by atomic mass is 10.1. The zero-order chi connectivity index (χ0) is 22.0. The minimum Gasteiger partial charge on any atom is -0.497 e. The van der Waals surface area contributed by atoms with Crippen LogP contribution in [0.15, 0.2) is 71.6 Å². The van der Waals surface area contributed by atoms with Crippen molar-refractivity contribution in [3.05, 3.63) is 77.9 Å². The summed E-state index contributed by atoms with van der Waals surface area (Å²) in [7, 11) is -0.718. The van der Waals surface area contributed by atoms with Crippen LogP contribution in [-0.2, 0) is 16.4 Å². The monoisotopic (exact) mass is 438 g/mol. The number of methoxy groups -OCH3 is 2. The van der Waals surface area contributed by atoms with Gasteiger partial charge < -0.3 is 14.8 Å². The molecule has 1 aliphatic heterocycles. The van der Waals surface area contributed by atoms with E-state index in [0.717, 1.165) is 5.56 Å². The van der Waals surface area contributed by atoms with Crippen LogP contribution >= 0.6 is 0 Å². The number of nitrogens with zero attached hydrogens (tertiary/aromatic N) is 1. The molecule has 4 rings (SSSR count). The molecule has 0 bridgehead atoms. The van der Waals surface area contributed by atoms with E-state index in [1.165, 1.54) is 23.5 Å². The Balaban J connectivity index is 1.66. The van der Waals surface area contributed by atoms with Gasteiger partial charge in [-0.1, -0.05) is 12.1 Å². The zero-order valence-corrected chi connectivity index (χ0v) is 18.0. The van der Waals surface area contributed by atoms with Gasteiger partial charge in [-0.05, 0) is 66.6 Å². The van der Waals surface area contributed by atoms with Crippen LogP contribution in [0.2, 0.25) is 0 Å². The molecule has 160 valence electrons.